The minimum Gasteiger partial charge on any atom is -0.508 e. The van der Waals surface area contributed by atoms with E-state index in [9.17, 15) is 92.3 Å². The highest BCUT2D eigenvalue weighted by molar-refractivity contribution is 6.01. The summed E-state index contributed by atoms with van der Waals surface area (Å²) >= 11 is 0. The van der Waals surface area contributed by atoms with E-state index in [2.05, 4.69) is 63.2 Å². The Balaban J connectivity index is 1.40. The number of nitrogens with zero attached hydrogens (tertiary/aromatic N) is 4. The van der Waals surface area contributed by atoms with Crippen LogP contribution in [0.5, 0.6) is 11.5 Å². The Bertz CT molecular complexity index is 3650. The summed E-state index contributed by atoms with van der Waals surface area (Å²) in [5.74, 6) is -15.7. The van der Waals surface area contributed by atoms with Gasteiger partial charge in [0.2, 0.25) is 76.8 Å². The Morgan fingerprint density at radius 3 is 1.38 bits per heavy atom. The number of guanidine groups is 2. The van der Waals surface area contributed by atoms with Crippen molar-refractivity contribution in [2.75, 3.05) is 32.7 Å². The fourth-order valence-electron chi connectivity index (χ4n) is 13.0. The Morgan fingerprint density at radius 1 is 0.514 bits per heavy atom. The summed E-state index contributed by atoms with van der Waals surface area (Å²) in [5, 5.41) is 65.7. The molecule has 39 heteroatoms. The van der Waals surface area contributed by atoms with Crippen molar-refractivity contribution in [3.63, 3.8) is 0 Å². The zero-order chi connectivity index (χ0) is 82.2. The number of carbonyl (C=O) groups is 15. The summed E-state index contributed by atoms with van der Waals surface area (Å²) in [7, 11) is 0. The molecule has 612 valence electrons. The minimum atomic E-state index is -1.92. The number of rotatable bonds is 46. The number of hydrogen-bond acceptors (Lipinski definition) is 20. The molecule has 13 atom stereocenters. The molecule has 2 aromatic rings. The molecule has 2 aromatic carbocycles. The highest BCUT2D eigenvalue weighted by Gasteiger charge is 2.44. The number of carboxylic acids is 2. The minimum absolute atomic E-state index is 0.000491. The molecule has 0 spiro atoms. The maximum Gasteiger partial charge on any atom is 0.326 e. The highest BCUT2D eigenvalue weighted by atomic mass is 16.4. The van der Waals surface area contributed by atoms with Crippen LogP contribution in [0.1, 0.15) is 154 Å². The third-order valence-corrected chi connectivity index (χ3v) is 19.1. The Morgan fingerprint density at radius 2 is 0.928 bits per heavy atom. The van der Waals surface area contributed by atoms with Crippen molar-refractivity contribution in [3.05, 3.63) is 59.7 Å². The van der Waals surface area contributed by atoms with E-state index in [0.717, 1.165) is 0 Å². The maximum absolute atomic E-state index is 15.0. The molecule has 13 amide bonds. The molecule has 3 saturated heterocycles. The van der Waals surface area contributed by atoms with Crippen molar-refractivity contribution < 1.29 is 92.3 Å². The van der Waals surface area contributed by atoms with Gasteiger partial charge in [-0.3, -0.25) is 77.1 Å². The van der Waals surface area contributed by atoms with Gasteiger partial charge in [-0.2, -0.15) is 0 Å². The Hall–Kier alpha value is -11.4. The van der Waals surface area contributed by atoms with E-state index in [1.807, 2.05) is 0 Å². The second-order valence-corrected chi connectivity index (χ2v) is 28.4. The number of benzene rings is 2. The molecule has 0 saturated carbocycles. The normalized spacial score (nSPS) is 17.9. The second kappa shape index (κ2) is 44.9. The highest BCUT2D eigenvalue weighted by Crippen LogP contribution is 2.25. The average molecular weight is 1560 g/mol. The molecule has 0 aliphatic carbocycles. The quantitative estimate of drug-likeness (QED) is 0.0169. The van der Waals surface area contributed by atoms with Crippen LogP contribution >= 0.6 is 0 Å². The number of aliphatic imine (C=N–C) groups is 2. The number of aliphatic carboxylic acids is 2. The van der Waals surface area contributed by atoms with E-state index >= 15 is 0 Å². The first-order valence-electron chi connectivity index (χ1n) is 37.3. The van der Waals surface area contributed by atoms with Crippen LogP contribution in [0.15, 0.2) is 58.5 Å². The zero-order valence-corrected chi connectivity index (χ0v) is 63.0. The number of aromatic hydroxyl groups is 2. The van der Waals surface area contributed by atoms with Gasteiger partial charge < -0.3 is 118 Å². The molecule has 3 aliphatic heterocycles. The van der Waals surface area contributed by atoms with Crippen molar-refractivity contribution in [2.24, 2.45) is 56.2 Å². The first-order chi connectivity index (χ1) is 52.6. The molecule has 0 bridgehead atoms. The number of carboxylic acid groups (broad SMARTS) is 2. The molecular weight excluding hydrogens is 1450 g/mol. The molecular formula is C72H110N20O19. The van der Waals surface area contributed by atoms with Crippen LogP contribution in [0.25, 0.3) is 0 Å². The van der Waals surface area contributed by atoms with Gasteiger partial charge in [0, 0.05) is 51.9 Å². The number of likely N-dealkylation sites (tertiary alicyclic amines) is 2. The summed E-state index contributed by atoms with van der Waals surface area (Å²) < 4.78 is 0. The fourth-order valence-corrected chi connectivity index (χ4v) is 13.0. The maximum atomic E-state index is 15.0. The number of carbonyl (C=O) groups excluding carboxylic acids is 13. The summed E-state index contributed by atoms with van der Waals surface area (Å²) in [6.07, 6.45) is -1.27. The Labute approximate surface area is 642 Å². The van der Waals surface area contributed by atoms with Gasteiger partial charge in [-0.1, -0.05) is 58.4 Å². The van der Waals surface area contributed by atoms with Gasteiger partial charge in [0.15, 0.2) is 11.9 Å². The van der Waals surface area contributed by atoms with Crippen LogP contribution in [0.3, 0.4) is 0 Å². The summed E-state index contributed by atoms with van der Waals surface area (Å²) in [6, 6.07) is -5.94. The summed E-state index contributed by atoms with van der Waals surface area (Å²) in [5.41, 5.74) is 34.8. The standard InChI is InChI=1S/C72H110N20O19/c1-5-39(4)58(70(110)111)90-65(105)51(36-41-19-23-43(94)24-20-41)89-67(107)54-16-11-33-92(54)69(109)48(14-9-31-80-72(77)78)84-59(99)44(13-8-30-79-71(75)76)83-66(106)53-15-10-32-91(53)68(108)47(12-6-7-29-73)85-64(104)52(37-55(74)95)88-61(101)46(26-28-57(97)98)82-63(103)50(35-40-17-21-42(93)22-18-40)87-62(102)49(34-38(2)3)86-60(100)45-25-27-56(96)81-45/h17-24,38-39,44-54,58,93-94H,5-16,25-37,73H2,1-4H3,(H2,74,95)(H,81,96)(H,82,103)(H,83,106)(H,84,99)(H,85,104)(H,86,100)(H,87,102)(H,88,101)(H,89,107)(H,90,105)(H,97,98)(H,110,111)(H4,75,76,79)(H4,77,78,80)/t39-,44-,45-,46-,47-,48-,49-,50-,51-,52-,53-,54-,58-/m0/s1. The van der Waals surface area contributed by atoms with Crippen LogP contribution < -0.4 is 87.6 Å². The van der Waals surface area contributed by atoms with E-state index in [1.165, 1.54) is 58.3 Å². The lowest BCUT2D eigenvalue weighted by Crippen LogP contribution is -2.61. The number of nitrogens with one attached hydrogen (secondary N) is 10. The molecule has 39 nitrogen and oxygen atoms in total. The monoisotopic (exact) mass is 1560 g/mol. The van der Waals surface area contributed by atoms with Gasteiger partial charge in [0.25, 0.3) is 0 Å². The van der Waals surface area contributed by atoms with Crippen molar-refractivity contribution in [1.29, 1.82) is 0 Å². The largest absolute Gasteiger partial charge is 0.508 e. The first kappa shape index (κ1) is 90.2. The molecule has 3 fully saturated rings. The number of hydrogen-bond donors (Lipinski definition) is 20. The van der Waals surface area contributed by atoms with Gasteiger partial charge in [-0.25, -0.2) is 4.79 Å². The lowest BCUT2D eigenvalue weighted by molar-refractivity contribution is -0.144. The van der Waals surface area contributed by atoms with Crippen LogP contribution in [0.2, 0.25) is 0 Å². The van der Waals surface area contributed by atoms with Gasteiger partial charge in [-0.15, -0.1) is 0 Å². The number of phenols is 2. The van der Waals surface area contributed by atoms with Crippen LogP contribution in [-0.4, -0.2) is 236 Å². The number of unbranched alkanes of at least 4 members (excludes halogenated alkanes) is 1. The zero-order valence-electron chi connectivity index (χ0n) is 63.0. The SMILES string of the molecule is CC[C@H](C)[C@H](NC(=O)[C@H](Cc1ccc(O)cc1)NC(=O)[C@@H]1CCCN1C(=O)[C@H](CCCN=C(N)N)NC(=O)[C@H](CCCN=C(N)N)NC(=O)[C@@H]1CCCN1C(=O)[C@H](CCCCN)NC(=O)[C@H](CC(N)=O)NC(=O)[C@H](CCC(=O)O)NC(=O)[C@H](Cc1ccc(O)cc1)NC(=O)[C@H](CC(C)C)NC(=O)[C@@H]1CCC(=O)N1)C(=O)O. The first-order valence-corrected chi connectivity index (χ1v) is 37.3. The third kappa shape index (κ3) is 29.8. The number of phenolic OH excluding ortho intramolecular Hbond substituents is 2. The molecule has 111 heavy (non-hydrogen) atoms. The van der Waals surface area contributed by atoms with E-state index in [-0.39, 0.29) is 164 Å². The van der Waals surface area contributed by atoms with Crippen molar-refractivity contribution in [3.8, 4) is 11.5 Å². The third-order valence-electron chi connectivity index (χ3n) is 19.1. The smallest absolute Gasteiger partial charge is 0.326 e. The molecule has 0 radical (unpaired) electrons. The molecule has 3 heterocycles. The van der Waals surface area contributed by atoms with E-state index in [0.29, 0.717) is 24.0 Å². The average Bonchev–Trinajstić information content (AvgIpc) is 1.74. The van der Waals surface area contributed by atoms with Crippen LogP contribution in [-0.2, 0) is 84.8 Å². The van der Waals surface area contributed by atoms with E-state index in [1.54, 1.807) is 27.7 Å². The summed E-state index contributed by atoms with van der Waals surface area (Å²) in [6.45, 7) is 6.91. The van der Waals surface area contributed by atoms with Crippen molar-refractivity contribution >= 4 is 101 Å². The summed E-state index contributed by atoms with van der Waals surface area (Å²) in [4.78, 5) is 219. The van der Waals surface area contributed by atoms with Crippen LogP contribution in [0, 0.1) is 11.8 Å². The Kier molecular flexibility index (Phi) is 36.5. The van der Waals surface area contributed by atoms with Crippen molar-refractivity contribution in [2.45, 2.75) is 229 Å². The molecule has 26 N–H and O–H groups in total. The number of nitrogens with two attached hydrogens (primary N) is 6. The lowest BCUT2D eigenvalue weighted by Gasteiger charge is -2.32. The van der Waals surface area contributed by atoms with Gasteiger partial charge in [0.1, 0.15) is 84.0 Å². The predicted molar refractivity (Wildman–Crippen MR) is 402 cm³/mol. The second-order valence-electron chi connectivity index (χ2n) is 28.4. The lowest BCUT2D eigenvalue weighted by atomic mass is 9.98. The predicted octanol–water partition coefficient (Wildman–Crippen LogP) is -4.34. The van der Waals surface area contributed by atoms with Crippen molar-refractivity contribution in [1.82, 2.24) is 63.0 Å². The van der Waals surface area contributed by atoms with Gasteiger partial charge in [-0.05, 0) is 144 Å². The van der Waals surface area contributed by atoms with Gasteiger partial charge in [0.05, 0.1) is 6.42 Å². The topological polar surface area (TPSA) is 645 Å². The number of primary amides is 1. The molecule has 0 aromatic heterocycles. The molecule has 0 unspecified atom stereocenters. The molecule has 5 rings (SSSR count). The van der Waals surface area contributed by atoms with E-state index in [4.69, 9.17) is 34.4 Å². The van der Waals surface area contributed by atoms with Gasteiger partial charge >= 0.3 is 11.9 Å². The fraction of sp³-hybridized carbons (Fsp3) is 0.597. The number of amides is 13. The molecule has 3 aliphatic rings. The van der Waals surface area contributed by atoms with E-state index < -0.39 is 181 Å². The van der Waals surface area contributed by atoms with Crippen LogP contribution in [0.4, 0.5) is 0 Å².